The maximum Gasteiger partial charge on any atom is 0.294 e. The van der Waals surface area contributed by atoms with Crippen molar-refractivity contribution in [1.82, 2.24) is 0 Å². The van der Waals surface area contributed by atoms with Crippen molar-refractivity contribution in [1.29, 1.82) is 0 Å². The highest BCUT2D eigenvalue weighted by Gasteiger charge is 2.21. The van der Waals surface area contributed by atoms with Crippen molar-refractivity contribution in [2.45, 2.75) is 22.1 Å². The van der Waals surface area contributed by atoms with Crippen LogP contribution < -0.4 is 0 Å². The van der Waals surface area contributed by atoms with Crippen LogP contribution in [0.15, 0.2) is 43.9 Å². The summed E-state index contributed by atoms with van der Waals surface area (Å²) in [6, 6.07) is 9.00. The molecule has 0 saturated carbocycles. The SMILES string of the molecule is CC(O)c1cc([N+](=O)[O-])c(Sc2cccc(Br)c2)s1. The fourth-order valence-electron chi connectivity index (χ4n) is 1.43. The van der Waals surface area contributed by atoms with Gasteiger partial charge in [0.05, 0.1) is 11.0 Å². The first-order chi connectivity index (χ1) is 8.97. The Bertz CT molecular complexity index is 613. The van der Waals surface area contributed by atoms with Gasteiger partial charge in [-0.3, -0.25) is 10.1 Å². The van der Waals surface area contributed by atoms with E-state index < -0.39 is 11.0 Å². The summed E-state index contributed by atoms with van der Waals surface area (Å²) in [5, 5.41) is 20.5. The summed E-state index contributed by atoms with van der Waals surface area (Å²) in [7, 11) is 0. The molecule has 1 aromatic heterocycles. The molecule has 1 atom stereocenters. The van der Waals surface area contributed by atoms with Crippen molar-refractivity contribution in [3.63, 3.8) is 0 Å². The largest absolute Gasteiger partial charge is 0.388 e. The fourth-order valence-corrected chi connectivity index (χ4v) is 4.30. The van der Waals surface area contributed by atoms with Crippen LogP contribution >= 0.6 is 39.0 Å². The van der Waals surface area contributed by atoms with Gasteiger partial charge in [-0.2, -0.15) is 0 Å². The van der Waals surface area contributed by atoms with E-state index in [1.165, 1.54) is 29.2 Å². The molecular formula is C12H10BrNO3S2. The van der Waals surface area contributed by atoms with E-state index in [2.05, 4.69) is 15.9 Å². The molecule has 1 unspecified atom stereocenters. The monoisotopic (exact) mass is 359 g/mol. The van der Waals surface area contributed by atoms with Crippen LogP contribution in [0.4, 0.5) is 5.69 Å². The molecule has 2 rings (SSSR count). The van der Waals surface area contributed by atoms with Crippen LogP contribution in [0.3, 0.4) is 0 Å². The number of halogens is 1. The highest BCUT2D eigenvalue weighted by molar-refractivity contribution is 9.10. The Balaban J connectivity index is 2.36. The van der Waals surface area contributed by atoms with Crippen molar-refractivity contribution in [3.8, 4) is 0 Å². The second-order valence-corrected chi connectivity index (χ2v) is 7.16. The lowest BCUT2D eigenvalue weighted by Crippen LogP contribution is -1.87. The zero-order valence-corrected chi connectivity index (χ0v) is 13.1. The van der Waals surface area contributed by atoms with Crippen LogP contribution in [0.2, 0.25) is 0 Å². The number of rotatable bonds is 4. The normalized spacial score (nSPS) is 12.4. The van der Waals surface area contributed by atoms with Crippen molar-refractivity contribution >= 4 is 44.7 Å². The highest BCUT2D eigenvalue weighted by Crippen LogP contribution is 2.43. The maximum atomic E-state index is 11.0. The van der Waals surface area contributed by atoms with E-state index in [-0.39, 0.29) is 5.69 Å². The van der Waals surface area contributed by atoms with Gasteiger partial charge in [-0.25, -0.2) is 0 Å². The van der Waals surface area contributed by atoms with E-state index in [9.17, 15) is 15.2 Å². The van der Waals surface area contributed by atoms with Crippen molar-refractivity contribution in [2.24, 2.45) is 0 Å². The van der Waals surface area contributed by atoms with Gasteiger partial charge >= 0.3 is 0 Å². The smallest absolute Gasteiger partial charge is 0.294 e. The van der Waals surface area contributed by atoms with Gasteiger partial charge in [0.1, 0.15) is 4.21 Å². The second kappa shape index (κ2) is 6.04. The Kier molecular flexibility index (Phi) is 4.62. The molecule has 1 heterocycles. The molecule has 4 nitrogen and oxygen atoms in total. The summed E-state index contributed by atoms with van der Waals surface area (Å²) in [5.41, 5.74) is 0.0471. The molecule has 2 aromatic rings. The van der Waals surface area contributed by atoms with E-state index in [0.29, 0.717) is 9.09 Å². The zero-order chi connectivity index (χ0) is 14.0. The number of hydrogen-bond donors (Lipinski definition) is 1. The minimum atomic E-state index is -0.694. The Morgan fingerprint density at radius 3 is 2.79 bits per heavy atom. The van der Waals surface area contributed by atoms with Crippen molar-refractivity contribution in [3.05, 3.63) is 49.8 Å². The van der Waals surface area contributed by atoms with Gasteiger partial charge < -0.3 is 5.11 Å². The van der Waals surface area contributed by atoms with Crippen LogP contribution in [0, 0.1) is 10.1 Å². The second-order valence-electron chi connectivity index (χ2n) is 3.81. The lowest BCUT2D eigenvalue weighted by Gasteiger charge is -1.99. The van der Waals surface area contributed by atoms with Crippen LogP contribution in [0.5, 0.6) is 0 Å². The zero-order valence-electron chi connectivity index (χ0n) is 9.87. The van der Waals surface area contributed by atoms with Gasteiger partial charge in [0.2, 0.25) is 0 Å². The topological polar surface area (TPSA) is 63.4 Å². The number of aliphatic hydroxyl groups excluding tert-OH is 1. The minimum Gasteiger partial charge on any atom is -0.388 e. The molecule has 0 aliphatic heterocycles. The number of nitro groups is 1. The summed E-state index contributed by atoms with van der Waals surface area (Å²) < 4.78 is 1.51. The molecule has 0 amide bonds. The Morgan fingerprint density at radius 1 is 1.47 bits per heavy atom. The van der Waals surface area contributed by atoms with E-state index in [1.807, 2.05) is 24.3 Å². The van der Waals surface area contributed by atoms with Gasteiger partial charge in [-0.15, -0.1) is 11.3 Å². The lowest BCUT2D eigenvalue weighted by molar-refractivity contribution is -0.387. The summed E-state index contributed by atoms with van der Waals surface area (Å²) >= 11 is 5.95. The standard InChI is InChI=1S/C12H10BrNO3S2/c1-7(15)11-6-10(14(16)17)12(19-11)18-9-4-2-3-8(13)5-9/h2-7,15H,1H3. The fraction of sp³-hybridized carbons (Fsp3) is 0.167. The van der Waals surface area contributed by atoms with E-state index in [4.69, 9.17) is 0 Å². The number of thiophene rings is 1. The van der Waals surface area contributed by atoms with Crippen molar-refractivity contribution in [2.75, 3.05) is 0 Å². The predicted octanol–water partition coefficient (Wildman–Crippen LogP) is 4.62. The Morgan fingerprint density at radius 2 is 2.21 bits per heavy atom. The molecule has 7 heteroatoms. The van der Waals surface area contributed by atoms with Crippen LogP contribution in [-0.4, -0.2) is 10.0 Å². The molecule has 1 N–H and O–H groups in total. The van der Waals surface area contributed by atoms with Crippen LogP contribution in [0.25, 0.3) is 0 Å². The molecule has 0 aliphatic rings. The molecule has 0 saturated heterocycles. The summed E-state index contributed by atoms with van der Waals surface area (Å²) in [6.45, 7) is 1.60. The number of nitrogens with zero attached hydrogens (tertiary/aromatic N) is 1. The average Bonchev–Trinajstić information content (AvgIpc) is 2.73. The molecule has 0 aliphatic carbocycles. The first-order valence-electron chi connectivity index (χ1n) is 5.37. The first-order valence-corrected chi connectivity index (χ1v) is 7.79. The predicted molar refractivity (Wildman–Crippen MR) is 79.9 cm³/mol. The summed E-state index contributed by atoms with van der Waals surface area (Å²) in [4.78, 5) is 12.1. The van der Waals surface area contributed by atoms with Gasteiger partial charge in [-0.1, -0.05) is 33.8 Å². The van der Waals surface area contributed by atoms with Gasteiger partial charge in [0.15, 0.2) is 0 Å². The van der Waals surface area contributed by atoms with Gasteiger partial charge in [0, 0.05) is 20.3 Å². The summed E-state index contributed by atoms with van der Waals surface area (Å²) in [5.74, 6) is 0. The number of aliphatic hydroxyl groups is 1. The quantitative estimate of drug-likeness (QED) is 0.638. The Labute approximate surface area is 126 Å². The van der Waals surface area contributed by atoms with E-state index in [1.54, 1.807) is 6.92 Å². The van der Waals surface area contributed by atoms with Crippen molar-refractivity contribution < 1.29 is 10.0 Å². The summed E-state index contributed by atoms with van der Waals surface area (Å²) in [6.07, 6.45) is -0.694. The lowest BCUT2D eigenvalue weighted by atomic mass is 10.3. The molecular weight excluding hydrogens is 350 g/mol. The molecule has 100 valence electrons. The first kappa shape index (κ1) is 14.5. The third-order valence-corrected chi connectivity index (χ3v) is 5.28. The highest BCUT2D eigenvalue weighted by atomic mass is 79.9. The van der Waals surface area contributed by atoms with Gasteiger partial charge in [0.25, 0.3) is 5.69 Å². The van der Waals surface area contributed by atoms with Crippen LogP contribution in [-0.2, 0) is 0 Å². The minimum absolute atomic E-state index is 0.0471. The third kappa shape index (κ3) is 3.56. The van der Waals surface area contributed by atoms with Gasteiger partial charge in [-0.05, 0) is 25.1 Å². The molecule has 0 radical (unpaired) electrons. The molecule has 0 bridgehead atoms. The maximum absolute atomic E-state index is 11.0. The molecule has 1 aromatic carbocycles. The molecule has 19 heavy (non-hydrogen) atoms. The van der Waals surface area contributed by atoms with E-state index >= 15 is 0 Å². The van der Waals surface area contributed by atoms with Crippen LogP contribution in [0.1, 0.15) is 17.9 Å². The van der Waals surface area contributed by atoms with E-state index in [0.717, 1.165) is 9.37 Å². The Hall–Kier alpha value is -0.890. The third-order valence-electron chi connectivity index (χ3n) is 2.31. The average molecular weight is 360 g/mol. The number of benzene rings is 1. The number of hydrogen-bond acceptors (Lipinski definition) is 5. The molecule has 0 spiro atoms. The molecule has 0 fully saturated rings.